The molecule has 0 bridgehead atoms. The third kappa shape index (κ3) is 3.19. The van der Waals surface area contributed by atoms with Gasteiger partial charge in [-0.15, -0.1) is 24.8 Å². The number of hydrogen-bond donors (Lipinski definition) is 0. The number of halogens is 2. The molecule has 1 unspecified atom stereocenters. The Balaban J connectivity index is 0.00000104. The van der Waals surface area contributed by atoms with Crippen molar-refractivity contribution in [1.82, 2.24) is 0 Å². The molecule has 0 nitrogen and oxygen atoms in total. The number of hydrogen-bond acceptors (Lipinski definition) is 0. The first-order valence-corrected chi connectivity index (χ1v) is 25.6. The zero-order chi connectivity index (χ0) is 15.3. The van der Waals surface area contributed by atoms with Gasteiger partial charge in [-0.3, -0.25) is 0 Å². The molecule has 0 aliphatic heterocycles. The van der Waals surface area contributed by atoms with Gasteiger partial charge in [-0.25, -0.2) is 0 Å². The molecule has 0 N–H and O–H groups in total. The summed E-state index contributed by atoms with van der Waals surface area (Å²) in [5.74, 6) is 0. The van der Waals surface area contributed by atoms with E-state index in [-0.39, 0.29) is 24.8 Å². The summed E-state index contributed by atoms with van der Waals surface area (Å²) in [6, 6.07) is 16.0. The molecule has 0 heterocycles. The molecule has 24 heavy (non-hydrogen) atoms. The standard InChI is InChI=1S/C18H13.2CH3.2ClH.Hf.H2Si/c1-2-7-13(6-1)15-10-5-11-17-16-9-4-3-8-14(16)12-18(15)17;;;;;;/h1-6,8-12H,7H2;2*1H3;2*1H;;1H2. The number of benzene rings is 2. The van der Waals surface area contributed by atoms with Gasteiger partial charge in [0.15, 0.2) is 0 Å². The van der Waals surface area contributed by atoms with Crippen LogP contribution in [0.1, 0.15) is 26.8 Å². The van der Waals surface area contributed by atoms with Gasteiger partial charge in [0, 0.05) is 0 Å². The topological polar surface area (TPSA) is 0 Å². The van der Waals surface area contributed by atoms with E-state index >= 15 is 0 Å². The number of allylic oxidation sites excluding steroid dienone is 4. The Kier molecular flexibility index (Phi) is 6.18. The minimum absolute atomic E-state index is 0. The van der Waals surface area contributed by atoms with Gasteiger partial charge in [0.25, 0.3) is 0 Å². The zero-order valence-electron chi connectivity index (χ0n) is 14.1. The van der Waals surface area contributed by atoms with Crippen LogP contribution in [-0.2, 0) is 18.6 Å². The van der Waals surface area contributed by atoms with Gasteiger partial charge in [-0.1, -0.05) is 0 Å². The minimum atomic E-state index is -2.27. The second-order valence-corrected chi connectivity index (χ2v) is 38.4. The first kappa shape index (κ1) is 19.9. The normalized spacial score (nSPS) is 17.4. The molecule has 0 radical (unpaired) electrons. The van der Waals surface area contributed by atoms with Gasteiger partial charge < -0.3 is 0 Å². The molecule has 0 spiro atoms. The Morgan fingerprint density at radius 1 is 0.917 bits per heavy atom. The molecule has 2 aromatic rings. The van der Waals surface area contributed by atoms with Crippen LogP contribution in [-0.4, -0.2) is 6.94 Å². The van der Waals surface area contributed by atoms with Crippen molar-refractivity contribution < 1.29 is 18.6 Å². The van der Waals surface area contributed by atoms with Crippen molar-refractivity contribution in [2.24, 2.45) is 0 Å². The molecule has 4 heteroatoms. The van der Waals surface area contributed by atoms with Crippen LogP contribution in [0.2, 0.25) is 9.36 Å². The van der Waals surface area contributed by atoms with Gasteiger partial charge in [0.05, 0.1) is 0 Å². The molecule has 2 aromatic carbocycles. The summed E-state index contributed by atoms with van der Waals surface area (Å²) in [7, 11) is 0. The van der Waals surface area contributed by atoms with Crippen molar-refractivity contribution in [3.63, 3.8) is 0 Å². The SMILES string of the molecule is Cl.Cl.[CH3][Hf]([CH3])(=[SiH2])[CH]1c2ccccc2-c2cccc(C3=CC=CC3)c21. The number of rotatable bonds is 2. The quantitative estimate of drug-likeness (QED) is 0.426. The molecule has 0 fully saturated rings. The van der Waals surface area contributed by atoms with Crippen molar-refractivity contribution in [1.29, 1.82) is 0 Å². The molecular formula is C20H23Cl2HfSi. The predicted molar refractivity (Wildman–Crippen MR) is 110 cm³/mol. The van der Waals surface area contributed by atoms with E-state index in [9.17, 15) is 0 Å². The van der Waals surface area contributed by atoms with E-state index in [1.54, 1.807) is 11.1 Å². The van der Waals surface area contributed by atoms with Crippen LogP contribution in [0.4, 0.5) is 0 Å². The van der Waals surface area contributed by atoms with Crippen molar-refractivity contribution in [3.8, 4) is 11.1 Å². The van der Waals surface area contributed by atoms with Crippen molar-refractivity contribution >= 4 is 37.3 Å². The summed E-state index contributed by atoms with van der Waals surface area (Å²) in [6.07, 6.45) is 7.87. The summed E-state index contributed by atoms with van der Waals surface area (Å²) in [5.41, 5.74) is 9.21. The molecule has 0 saturated heterocycles. The van der Waals surface area contributed by atoms with Crippen LogP contribution in [0.3, 0.4) is 0 Å². The molecule has 125 valence electrons. The molecule has 4 rings (SSSR count). The summed E-state index contributed by atoms with van der Waals surface area (Å²) >= 11 is -2.27. The van der Waals surface area contributed by atoms with E-state index in [2.05, 4.69) is 77.0 Å². The molecule has 0 aromatic heterocycles. The molecular weight excluding hydrogens is 518 g/mol. The molecule has 1 atom stereocenters. The first-order valence-electron chi connectivity index (χ1n) is 8.01. The van der Waals surface area contributed by atoms with Gasteiger partial charge in [-0.2, -0.15) is 0 Å². The second-order valence-electron chi connectivity index (χ2n) is 7.10. The Morgan fingerprint density at radius 2 is 1.58 bits per heavy atom. The van der Waals surface area contributed by atoms with Crippen LogP contribution in [0, 0.1) is 0 Å². The van der Waals surface area contributed by atoms with E-state index in [1.807, 2.05) is 0 Å². The van der Waals surface area contributed by atoms with E-state index in [0.29, 0.717) is 3.67 Å². The zero-order valence-corrected chi connectivity index (χ0v) is 20.7. The van der Waals surface area contributed by atoms with Gasteiger partial charge in [-0.05, 0) is 0 Å². The van der Waals surface area contributed by atoms with Crippen LogP contribution in [0.5, 0.6) is 0 Å². The van der Waals surface area contributed by atoms with E-state index in [4.69, 9.17) is 0 Å². The second kappa shape index (κ2) is 7.45. The van der Waals surface area contributed by atoms with Gasteiger partial charge in [0.2, 0.25) is 0 Å². The molecule has 2 aliphatic carbocycles. The van der Waals surface area contributed by atoms with E-state index in [0.717, 1.165) is 6.42 Å². The molecule has 0 amide bonds. The fraction of sp³-hybridized carbons (Fsp3) is 0.200. The van der Waals surface area contributed by atoms with Crippen molar-refractivity contribution in [2.75, 3.05) is 0 Å². The summed E-state index contributed by atoms with van der Waals surface area (Å²) in [6.45, 7) is 2.35. The third-order valence-corrected chi connectivity index (χ3v) is 16.0. The average molecular weight is 541 g/mol. The predicted octanol–water partition coefficient (Wildman–Crippen LogP) is 5.74. The molecule has 2 aliphatic rings. The fourth-order valence-corrected chi connectivity index (χ4v) is 15.3. The van der Waals surface area contributed by atoms with Crippen LogP contribution < -0.4 is 0 Å². The third-order valence-electron chi connectivity index (χ3n) is 4.86. The average Bonchev–Trinajstić information content (AvgIpc) is 3.12. The fourth-order valence-electron chi connectivity index (χ4n) is 4.00. The maximum absolute atomic E-state index is 2.60. The summed E-state index contributed by atoms with van der Waals surface area (Å²) < 4.78 is 5.90. The maximum atomic E-state index is 2.60. The molecule has 0 saturated carbocycles. The number of fused-ring (bicyclic) bond motifs is 3. The van der Waals surface area contributed by atoms with Gasteiger partial charge >= 0.3 is 139 Å². The Hall–Kier alpha value is -0.413. The Morgan fingerprint density at radius 3 is 2.25 bits per heavy atom. The summed E-state index contributed by atoms with van der Waals surface area (Å²) in [5, 5.41) is 0. The van der Waals surface area contributed by atoms with Crippen molar-refractivity contribution in [3.05, 3.63) is 77.4 Å². The monoisotopic (exact) mass is 541 g/mol. The van der Waals surface area contributed by atoms with Crippen LogP contribution in [0.15, 0.2) is 60.7 Å². The Bertz CT molecular complexity index is 877. The van der Waals surface area contributed by atoms with E-state index in [1.165, 1.54) is 22.3 Å². The van der Waals surface area contributed by atoms with Crippen molar-refractivity contribution in [2.45, 2.75) is 19.5 Å². The first-order chi connectivity index (χ1) is 10.6. The Labute approximate surface area is 163 Å². The van der Waals surface area contributed by atoms with E-state index < -0.39 is 18.6 Å². The van der Waals surface area contributed by atoms with Crippen LogP contribution in [0.25, 0.3) is 16.7 Å². The van der Waals surface area contributed by atoms with Gasteiger partial charge in [0.1, 0.15) is 0 Å². The summed E-state index contributed by atoms with van der Waals surface area (Å²) in [4.78, 5) is 0. The van der Waals surface area contributed by atoms with Crippen LogP contribution >= 0.6 is 24.8 Å².